The van der Waals surface area contributed by atoms with Crippen molar-refractivity contribution in [1.29, 1.82) is 0 Å². The van der Waals surface area contributed by atoms with Gasteiger partial charge in [-0.1, -0.05) is 81.1 Å². The molecule has 0 aromatic rings. The first-order valence-electron chi connectivity index (χ1n) is 19.3. The second-order valence-electron chi connectivity index (χ2n) is 19.8. The van der Waals surface area contributed by atoms with E-state index >= 15 is 0 Å². The van der Waals surface area contributed by atoms with E-state index in [-0.39, 0.29) is 45.1 Å². The number of Topliss-reactive ketones (excluding diaryl/α,β-unsaturated/α-hetero) is 1. The average molecular weight is 715 g/mol. The van der Waals surface area contributed by atoms with Crippen LogP contribution in [0.15, 0.2) is 0 Å². The molecule has 3 aliphatic carbocycles. The lowest BCUT2D eigenvalue weighted by Crippen LogP contribution is -2.62. The summed E-state index contributed by atoms with van der Waals surface area (Å²) in [5.74, 6) is -2.38. The first-order chi connectivity index (χ1) is 23.4. The summed E-state index contributed by atoms with van der Waals surface area (Å²) in [7, 11) is 0. The monoisotopic (exact) mass is 715 g/mol. The van der Waals surface area contributed by atoms with E-state index in [1.165, 1.54) is 0 Å². The molecule has 0 radical (unpaired) electrons. The minimum Gasteiger partial charge on any atom is -0.373 e. The maximum absolute atomic E-state index is 14.9. The van der Waals surface area contributed by atoms with Gasteiger partial charge in [0.1, 0.15) is 12.1 Å². The Kier molecular flexibility index (Phi) is 10.5. The maximum atomic E-state index is 14.9. The zero-order valence-electron chi connectivity index (χ0n) is 33.0. The smallest absolute Gasteiger partial charge is 0.315 e. The molecule has 3 saturated carbocycles. The predicted octanol–water partition coefficient (Wildman–Crippen LogP) is 3.75. The highest BCUT2D eigenvalue weighted by Gasteiger charge is 2.85. The highest BCUT2D eigenvalue weighted by molar-refractivity contribution is 6.37. The Morgan fingerprint density at radius 2 is 1.51 bits per heavy atom. The van der Waals surface area contributed by atoms with Crippen molar-refractivity contribution in [1.82, 2.24) is 25.8 Å². The van der Waals surface area contributed by atoms with E-state index in [9.17, 15) is 24.0 Å². The topological polar surface area (TPSA) is 163 Å². The highest BCUT2D eigenvalue weighted by Crippen LogP contribution is 2.88. The van der Waals surface area contributed by atoms with Gasteiger partial charge in [0.2, 0.25) is 17.6 Å². The average Bonchev–Trinajstić information content (AvgIpc) is 3.18. The van der Waals surface area contributed by atoms with Gasteiger partial charge in [0, 0.05) is 37.6 Å². The molecule has 2 heterocycles. The van der Waals surface area contributed by atoms with Gasteiger partial charge < -0.3 is 31.3 Å². The molecule has 2 saturated heterocycles. The molecule has 1 unspecified atom stereocenters. The van der Waals surface area contributed by atoms with Crippen LogP contribution in [-0.4, -0.2) is 102 Å². The van der Waals surface area contributed by atoms with Gasteiger partial charge in [-0.15, -0.1) is 0 Å². The van der Waals surface area contributed by atoms with E-state index < -0.39 is 47.2 Å². The summed E-state index contributed by atoms with van der Waals surface area (Å²) in [6, 6.07) is -3.43. The van der Waals surface area contributed by atoms with Crippen LogP contribution in [0.25, 0.3) is 0 Å². The molecule has 0 aromatic heterocycles. The van der Waals surface area contributed by atoms with E-state index in [0.29, 0.717) is 32.5 Å². The minimum atomic E-state index is -1.07. The van der Waals surface area contributed by atoms with Crippen molar-refractivity contribution in [2.45, 2.75) is 150 Å². The summed E-state index contributed by atoms with van der Waals surface area (Å²) in [5, 5.41) is 9.14. The van der Waals surface area contributed by atoms with Crippen molar-refractivity contribution in [2.75, 3.05) is 32.8 Å². The van der Waals surface area contributed by atoms with Crippen molar-refractivity contribution >= 4 is 29.5 Å². The second kappa shape index (κ2) is 13.6. The van der Waals surface area contributed by atoms with E-state index in [1.54, 1.807) is 4.90 Å². The van der Waals surface area contributed by atoms with Crippen LogP contribution in [0.3, 0.4) is 0 Å². The number of hydrogen-bond donors (Lipinski definition) is 4. The first-order valence-corrected chi connectivity index (χ1v) is 19.3. The lowest BCUT2D eigenvalue weighted by molar-refractivity contribution is -0.143. The molecule has 5 fully saturated rings. The summed E-state index contributed by atoms with van der Waals surface area (Å²) >= 11 is 0. The fourth-order valence-corrected chi connectivity index (χ4v) is 10.0. The van der Waals surface area contributed by atoms with Gasteiger partial charge in [-0.2, -0.15) is 0 Å². The number of rotatable bonds is 11. The number of carbonyl (C=O) groups is 5. The Hall–Kier alpha value is -2.73. The van der Waals surface area contributed by atoms with Crippen molar-refractivity contribution in [2.24, 2.45) is 38.7 Å². The summed E-state index contributed by atoms with van der Waals surface area (Å²) in [5.41, 5.74) is 3.93. The van der Waals surface area contributed by atoms with E-state index in [4.69, 9.17) is 10.5 Å². The molecule has 5 amide bonds. The third kappa shape index (κ3) is 7.42. The third-order valence-electron chi connectivity index (χ3n) is 13.8. The molecule has 0 bridgehead atoms. The van der Waals surface area contributed by atoms with Crippen LogP contribution < -0.4 is 21.7 Å². The summed E-state index contributed by atoms with van der Waals surface area (Å²) in [4.78, 5) is 72.0. The number of ether oxygens (including phenoxy) is 1. The van der Waals surface area contributed by atoms with Crippen LogP contribution in [0.1, 0.15) is 121 Å². The number of likely N-dealkylation sites (tertiary alicyclic amines) is 1. The van der Waals surface area contributed by atoms with Gasteiger partial charge in [0.15, 0.2) is 0 Å². The first kappa shape index (κ1) is 39.5. The molecule has 0 aromatic carbocycles. The number of fused-ring (bicyclic) bond motifs is 1. The lowest BCUT2D eigenvalue weighted by atomic mass is 9.73. The van der Waals surface area contributed by atoms with Crippen LogP contribution in [0, 0.1) is 33.0 Å². The number of urea groups is 1. The van der Waals surface area contributed by atoms with E-state index in [2.05, 4.69) is 69.3 Å². The normalized spacial score (nSPS) is 28.6. The molecule has 5 atom stereocenters. The summed E-state index contributed by atoms with van der Waals surface area (Å²) < 4.78 is 5.91. The molecule has 5 N–H and O–H groups in total. The number of nitrogens with two attached hydrogens (primary N) is 1. The standard InChI is InChI=1S/C39H66N6O6/c1-34(2,3)27(21-44-17-18-51-36(7,8)22-44)42-33(50)43-29(35(4,5)6)32(49)45-23-39(37(9,10)38(39)15-12-16-38)20-26(45)31(48)41-25(28(46)30(40)47)19-24-13-11-14-24/h24-27,29H,11-23H2,1-10H3,(H2,40,47)(H,41,48)(H2,42,43,50)/t25?,26-,27+,29+,39+/m0/s1. The lowest BCUT2D eigenvalue weighted by Gasteiger charge is -2.42. The number of carbonyl (C=O) groups excluding carboxylic acids is 5. The molecule has 2 aliphatic heterocycles. The highest BCUT2D eigenvalue weighted by atomic mass is 16.5. The van der Waals surface area contributed by atoms with Gasteiger partial charge >= 0.3 is 6.03 Å². The number of primary amides is 1. The van der Waals surface area contributed by atoms with Gasteiger partial charge in [0.05, 0.1) is 18.2 Å². The summed E-state index contributed by atoms with van der Waals surface area (Å²) in [6.07, 6.45) is 6.99. The molecular formula is C39H66N6O6. The van der Waals surface area contributed by atoms with E-state index in [0.717, 1.165) is 51.6 Å². The third-order valence-corrected chi connectivity index (χ3v) is 13.8. The zero-order chi connectivity index (χ0) is 37.9. The number of hydrogen-bond acceptors (Lipinski definition) is 7. The zero-order valence-corrected chi connectivity index (χ0v) is 33.0. The Labute approximate surface area is 305 Å². The van der Waals surface area contributed by atoms with Crippen molar-refractivity contribution in [3.63, 3.8) is 0 Å². The van der Waals surface area contributed by atoms with Crippen LogP contribution in [0.4, 0.5) is 4.79 Å². The van der Waals surface area contributed by atoms with Crippen LogP contribution >= 0.6 is 0 Å². The number of nitrogens with one attached hydrogen (secondary N) is 3. The Balaban J connectivity index is 1.38. The van der Waals surface area contributed by atoms with Crippen LogP contribution in [0.2, 0.25) is 0 Å². The molecule has 5 aliphatic rings. The fraction of sp³-hybridized carbons (Fsp3) is 0.872. The van der Waals surface area contributed by atoms with Crippen molar-refractivity contribution in [3.8, 4) is 0 Å². The fourth-order valence-electron chi connectivity index (χ4n) is 10.0. The number of amides is 5. The van der Waals surface area contributed by atoms with E-state index in [1.807, 2.05) is 20.8 Å². The van der Waals surface area contributed by atoms with Crippen molar-refractivity contribution < 1.29 is 28.7 Å². The maximum Gasteiger partial charge on any atom is 0.315 e. The summed E-state index contributed by atoms with van der Waals surface area (Å²) in [6.45, 7) is 23.9. The SMILES string of the molecule is CC1(C)CN(C[C@@H](NC(=O)N[C@H](C(=O)N2C[C@]3(C[C@H]2C(=O)NC(CC2CCC2)C(=O)C(N)=O)C(C)(C)C32CCC2)C(C)(C)C)C(C)(C)C)CCO1. The largest absolute Gasteiger partial charge is 0.373 e. The number of nitrogens with zero attached hydrogens (tertiary/aromatic N) is 2. The molecule has 288 valence electrons. The molecule has 12 heteroatoms. The van der Waals surface area contributed by atoms with Crippen molar-refractivity contribution in [3.05, 3.63) is 0 Å². The quantitative estimate of drug-likeness (QED) is 0.237. The van der Waals surface area contributed by atoms with Gasteiger partial charge in [0.25, 0.3) is 5.91 Å². The van der Waals surface area contributed by atoms with Gasteiger partial charge in [-0.05, 0) is 67.1 Å². The number of ketones is 1. The predicted molar refractivity (Wildman–Crippen MR) is 195 cm³/mol. The minimum absolute atomic E-state index is 0.0535. The van der Waals surface area contributed by atoms with Crippen LogP contribution in [-0.2, 0) is 23.9 Å². The number of morpholine rings is 1. The molecule has 12 nitrogen and oxygen atoms in total. The van der Waals surface area contributed by atoms with Crippen LogP contribution in [0.5, 0.6) is 0 Å². The van der Waals surface area contributed by atoms with Gasteiger partial charge in [-0.3, -0.25) is 24.1 Å². The Morgan fingerprint density at radius 1 is 0.863 bits per heavy atom. The van der Waals surface area contributed by atoms with Gasteiger partial charge in [-0.25, -0.2) is 4.79 Å². The Morgan fingerprint density at radius 3 is 1.98 bits per heavy atom. The molecule has 2 spiro atoms. The second-order valence-corrected chi connectivity index (χ2v) is 19.8. The molecule has 51 heavy (non-hydrogen) atoms. The molecular weight excluding hydrogens is 648 g/mol. The Bertz CT molecular complexity index is 1390. The molecule has 5 rings (SSSR count).